The van der Waals surface area contributed by atoms with Crippen LogP contribution in [-0.2, 0) is 4.79 Å². The topological polar surface area (TPSA) is 38.8 Å². The van der Waals surface area contributed by atoms with Gasteiger partial charge in [-0.05, 0) is 26.4 Å². The Morgan fingerprint density at radius 2 is 1.94 bits per heavy atom. The van der Waals surface area contributed by atoms with Gasteiger partial charge < -0.3 is 10.2 Å². The van der Waals surface area contributed by atoms with Crippen molar-refractivity contribution < 1.29 is 4.79 Å². The maximum atomic E-state index is 12.3. The molecule has 0 aromatic heterocycles. The van der Waals surface area contributed by atoms with Gasteiger partial charge in [-0.3, -0.25) is 9.80 Å². The third kappa shape index (κ3) is 2.97. The lowest BCUT2D eigenvalue weighted by Gasteiger charge is -2.43. The highest BCUT2D eigenvalue weighted by atomic mass is 16.2. The Morgan fingerprint density at radius 3 is 2.59 bits per heavy atom. The van der Waals surface area contributed by atoms with Crippen molar-refractivity contribution in [3.8, 4) is 0 Å². The summed E-state index contributed by atoms with van der Waals surface area (Å²) in [6.45, 7) is 7.87. The molecule has 2 aliphatic rings. The van der Waals surface area contributed by atoms with Crippen LogP contribution in [0.2, 0.25) is 0 Å². The summed E-state index contributed by atoms with van der Waals surface area (Å²) in [5, 5.41) is 7.49. The number of piperazine rings is 1. The average molecular weight is 240 g/mol. The number of nitrogens with zero attached hydrogens (tertiary/aromatic N) is 3. The van der Waals surface area contributed by atoms with E-state index in [-0.39, 0.29) is 11.9 Å². The molecule has 5 heteroatoms. The number of hydrogen-bond acceptors (Lipinski definition) is 4. The second-order valence-corrected chi connectivity index (χ2v) is 4.97. The molecule has 0 aromatic carbocycles. The molecule has 0 spiro atoms. The SMILES string of the molecule is CCNC1CCCN(N2CCN(C)CC2)C1=O. The molecule has 1 unspecified atom stereocenters. The summed E-state index contributed by atoms with van der Waals surface area (Å²) in [6.07, 6.45) is 2.09. The van der Waals surface area contributed by atoms with Crippen molar-refractivity contribution in [2.75, 3.05) is 46.3 Å². The van der Waals surface area contributed by atoms with Crippen LogP contribution < -0.4 is 5.32 Å². The Labute approximate surface area is 104 Å². The standard InChI is InChI=1S/C12H24N4O/c1-3-13-11-5-4-6-16(12(11)17)15-9-7-14(2)8-10-15/h11,13H,3-10H2,1-2H3. The molecule has 0 saturated carbocycles. The molecule has 98 valence electrons. The molecule has 5 nitrogen and oxygen atoms in total. The third-order valence-corrected chi connectivity index (χ3v) is 3.69. The van der Waals surface area contributed by atoms with Gasteiger partial charge in [-0.15, -0.1) is 0 Å². The summed E-state index contributed by atoms with van der Waals surface area (Å²) in [5.41, 5.74) is 0. The molecule has 0 aliphatic carbocycles. The maximum Gasteiger partial charge on any atom is 0.253 e. The van der Waals surface area contributed by atoms with Gasteiger partial charge in [0.05, 0.1) is 6.04 Å². The van der Waals surface area contributed by atoms with Crippen molar-refractivity contribution in [2.24, 2.45) is 0 Å². The first-order valence-corrected chi connectivity index (χ1v) is 6.70. The van der Waals surface area contributed by atoms with E-state index in [0.29, 0.717) is 0 Å². The van der Waals surface area contributed by atoms with Crippen LogP contribution in [-0.4, -0.2) is 73.2 Å². The predicted octanol–water partition coefficient (Wildman–Crippen LogP) is -0.251. The van der Waals surface area contributed by atoms with Crippen molar-refractivity contribution in [1.29, 1.82) is 0 Å². The Hall–Kier alpha value is -0.650. The van der Waals surface area contributed by atoms with Crippen LogP contribution in [0.4, 0.5) is 0 Å². The van der Waals surface area contributed by atoms with E-state index in [2.05, 4.69) is 29.2 Å². The molecule has 17 heavy (non-hydrogen) atoms. The van der Waals surface area contributed by atoms with E-state index in [1.165, 1.54) is 0 Å². The van der Waals surface area contributed by atoms with Gasteiger partial charge in [0, 0.05) is 32.7 Å². The minimum absolute atomic E-state index is 0.0356. The Kier molecular flexibility index (Phi) is 4.36. The molecule has 0 bridgehead atoms. The molecule has 1 N–H and O–H groups in total. The van der Waals surface area contributed by atoms with E-state index >= 15 is 0 Å². The van der Waals surface area contributed by atoms with Crippen molar-refractivity contribution in [1.82, 2.24) is 20.2 Å². The van der Waals surface area contributed by atoms with E-state index in [0.717, 1.165) is 52.1 Å². The van der Waals surface area contributed by atoms with Gasteiger partial charge in [0.2, 0.25) is 0 Å². The molecular formula is C12H24N4O. The number of carbonyl (C=O) groups excluding carboxylic acids is 1. The molecule has 2 fully saturated rings. The number of hydrogen-bond donors (Lipinski definition) is 1. The van der Waals surface area contributed by atoms with Crippen molar-refractivity contribution in [3.63, 3.8) is 0 Å². The number of carbonyl (C=O) groups is 1. The Morgan fingerprint density at radius 1 is 1.24 bits per heavy atom. The predicted molar refractivity (Wildman–Crippen MR) is 67.5 cm³/mol. The van der Waals surface area contributed by atoms with Gasteiger partial charge in [0.1, 0.15) is 0 Å². The number of nitrogens with one attached hydrogen (secondary N) is 1. The van der Waals surface area contributed by atoms with Crippen LogP contribution in [0.25, 0.3) is 0 Å². The largest absolute Gasteiger partial charge is 0.306 e. The zero-order chi connectivity index (χ0) is 12.3. The van der Waals surface area contributed by atoms with Crippen LogP contribution in [0.3, 0.4) is 0 Å². The van der Waals surface area contributed by atoms with E-state index < -0.39 is 0 Å². The van der Waals surface area contributed by atoms with Gasteiger partial charge in [-0.2, -0.15) is 0 Å². The average Bonchev–Trinajstić information content (AvgIpc) is 2.34. The number of piperidine rings is 1. The van der Waals surface area contributed by atoms with Gasteiger partial charge in [-0.1, -0.05) is 6.92 Å². The quantitative estimate of drug-likeness (QED) is 0.738. The first-order valence-electron chi connectivity index (χ1n) is 6.70. The normalized spacial score (nSPS) is 28.7. The summed E-state index contributed by atoms with van der Waals surface area (Å²) in [6, 6.07) is 0.0356. The highest BCUT2D eigenvalue weighted by molar-refractivity contribution is 5.82. The maximum absolute atomic E-state index is 12.3. The molecule has 0 radical (unpaired) electrons. The summed E-state index contributed by atoms with van der Waals surface area (Å²) < 4.78 is 0. The fourth-order valence-corrected chi connectivity index (χ4v) is 2.61. The second-order valence-electron chi connectivity index (χ2n) is 4.97. The molecule has 1 atom stereocenters. The molecule has 2 rings (SSSR count). The Bertz CT molecular complexity index is 261. The summed E-state index contributed by atoms with van der Waals surface area (Å²) >= 11 is 0. The minimum atomic E-state index is 0.0356. The highest BCUT2D eigenvalue weighted by Gasteiger charge is 2.32. The number of rotatable bonds is 3. The minimum Gasteiger partial charge on any atom is -0.306 e. The fourth-order valence-electron chi connectivity index (χ4n) is 2.61. The lowest BCUT2D eigenvalue weighted by atomic mass is 10.1. The third-order valence-electron chi connectivity index (χ3n) is 3.69. The highest BCUT2D eigenvalue weighted by Crippen LogP contribution is 2.15. The zero-order valence-corrected chi connectivity index (χ0v) is 11.0. The zero-order valence-electron chi connectivity index (χ0n) is 11.0. The summed E-state index contributed by atoms with van der Waals surface area (Å²) in [7, 11) is 2.14. The lowest BCUT2D eigenvalue weighted by molar-refractivity contribution is -0.158. The van der Waals surface area contributed by atoms with Crippen LogP contribution in [0, 0.1) is 0 Å². The molecule has 2 heterocycles. The Balaban J connectivity index is 1.93. The van der Waals surface area contributed by atoms with Gasteiger partial charge in [0.15, 0.2) is 0 Å². The van der Waals surface area contributed by atoms with Crippen molar-refractivity contribution in [2.45, 2.75) is 25.8 Å². The molecule has 0 aromatic rings. The lowest BCUT2D eigenvalue weighted by Crippen LogP contribution is -2.60. The number of likely N-dealkylation sites (N-methyl/N-ethyl adjacent to an activating group) is 2. The van der Waals surface area contributed by atoms with Crippen LogP contribution >= 0.6 is 0 Å². The van der Waals surface area contributed by atoms with Crippen molar-refractivity contribution in [3.05, 3.63) is 0 Å². The first-order chi connectivity index (χ1) is 8.22. The number of hydrazine groups is 1. The number of amides is 1. The summed E-state index contributed by atoms with van der Waals surface area (Å²) in [5.74, 6) is 0.266. The van der Waals surface area contributed by atoms with Gasteiger partial charge in [0.25, 0.3) is 5.91 Å². The summed E-state index contributed by atoms with van der Waals surface area (Å²) in [4.78, 5) is 14.6. The van der Waals surface area contributed by atoms with Crippen LogP contribution in [0.1, 0.15) is 19.8 Å². The van der Waals surface area contributed by atoms with Gasteiger partial charge >= 0.3 is 0 Å². The van der Waals surface area contributed by atoms with E-state index in [1.54, 1.807) is 0 Å². The van der Waals surface area contributed by atoms with Crippen LogP contribution in [0.5, 0.6) is 0 Å². The van der Waals surface area contributed by atoms with E-state index in [4.69, 9.17) is 0 Å². The van der Waals surface area contributed by atoms with Crippen molar-refractivity contribution >= 4 is 5.91 Å². The van der Waals surface area contributed by atoms with Gasteiger partial charge in [-0.25, -0.2) is 5.01 Å². The van der Waals surface area contributed by atoms with Crippen LogP contribution in [0.15, 0.2) is 0 Å². The monoisotopic (exact) mass is 240 g/mol. The van der Waals surface area contributed by atoms with E-state index in [1.807, 2.05) is 5.01 Å². The molecule has 2 aliphatic heterocycles. The fraction of sp³-hybridized carbons (Fsp3) is 0.917. The first kappa shape index (κ1) is 12.8. The molecular weight excluding hydrogens is 216 g/mol. The molecule has 2 saturated heterocycles. The molecule has 1 amide bonds. The second kappa shape index (κ2) is 5.80. The van der Waals surface area contributed by atoms with E-state index in [9.17, 15) is 4.79 Å². The smallest absolute Gasteiger partial charge is 0.253 e.